The standard InChI is InChI=1S/C21H26N6O3/c1-20(2,3)30-19(28)25-11-21(6-7-21)12-29-15-10-24-13-5-4-8-23-18(13)17(15)14-9-16(22)27-26-14/h4-5,8-10H,6-7,11-12H2,1-3H3,(H,25,28)(H3,22,26,27). The van der Waals surface area contributed by atoms with Gasteiger partial charge in [-0.15, -0.1) is 0 Å². The molecule has 1 amide bonds. The van der Waals surface area contributed by atoms with Crippen LogP contribution in [0.5, 0.6) is 5.75 Å². The molecule has 1 fully saturated rings. The molecule has 1 aliphatic rings. The van der Waals surface area contributed by atoms with Crippen LogP contribution < -0.4 is 15.8 Å². The number of amides is 1. The van der Waals surface area contributed by atoms with Crippen molar-refractivity contribution in [3.05, 3.63) is 30.6 Å². The number of ether oxygens (including phenoxy) is 2. The third-order valence-corrected chi connectivity index (χ3v) is 4.96. The second-order valence-electron chi connectivity index (χ2n) is 8.72. The molecule has 0 radical (unpaired) electrons. The van der Waals surface area contributed by atoms with Gasteiger partial charge in [0.15, 0.2) is 0 Å². The summed E-state index contributed by atoms with van der Waals surface area (Å²) in [5.41, 5.74) is 8.10. The van der Waals surface area contributed by atoms with E-state index >= 15 is 0 Å². The van der Waals surface area contributed by atoms with Crippen LogP contribution in [0.3, 0.4) is 0 Å². The van der Waals surface area contributed by atoms with Crippen molar-refractivity contribution in [2.24, 2.45) is 5.41 Å². The zero-order valence-corrected chi connectivity index (χ0v) is 17.4. The number of carbonyl (C=O) groups is 1. The first kappa shape index (κ1) is 19.9. The van der Waals surface area contributed by atoms with Gasteiger partial charge in [0.1, 0.15) is 22.7 Å². The smallest absolute Gasteiger partial charge is 0.407 e. The fourth-order valence-corrected chi connectivity index (χ4v) is 3.19. The van der Waals surface area contributed by atoms with Crippen LogP contribution in [0, 0.1) is 5.41 Å². The number of pyridine rings is 2. The molecule has 1 aliphatic carbocycles. The molecule has 3 heterocycles. The molecule has 4 N–H and O–H groups in total. The molecule has 0 atom stereocenters. The minimum atomic E-state index is -0.526. The van der Waals surface area contributed by atoms with E-state index in [0.29, 0.717) is 35.9 Å². The summed E-state index contributed by atoms with van der Waals surface area (Å²) in [4.78, 5) is 20.9. The number of hydrogen-bond donors (Lipinski definition) is 3. The van der Waals surface area contributed by atoms with Gasteiger partial charge >= 0.3 is 6.09 Å². The molecule has 0 spiro atoms. The summed E-state index contributed by atoms with van der Waals surface area (Å²) in [6.07, 6.45) is 4.92. The minimum absolute atomic E-state index is 0.111. The van der Waals surface area contributed by atoms with Crippen LogP contribution in [0.15, 0.2) is 30.6 Å². The number of nitrogens with zero attached hydrogens (tertiary/aromatic N) is 3. The largest absolute Gasteiger partial charge is 0.491 e. The average molecular weight is 410 g/mol. The van der Waals surface area contributed by atoms with Crippen molar-refractivity contribution in [1.82, 2.24) is 25.5 Å². The molecule has 0 aliphatic heterocycles. The topological polar surface area (TPSA) is 128 Å². The summed E-state index contributed by atoms with van der Waals surface area (Å²) in [6.45, 7) is 6.46. The molecule has 158 valence electrons. The SMILES string of the molecule is CC(C)(C)OC(=O)NCC1(COc2cnc3cccnc3c2-c2cc(N)n[nH]2)CC1. The Labute approximate surface area is 174 Å². The Morgan fingerprint density at radius 3 is 2.80 bits per heavy atom. The van der Waals surface area contributed by atoms with Crippen molar-refractivity contribution in [2.75, 3.05) is 18.9 Å². The maximum absolute atomic E-state index is 12.0. The Hall–Kier alpha value is -3.36. The minimum Gasteiger partial charge on any atom is -0.491 e. The van der Waals surface area contributed by atoms with Gasteiger partial charge in [0.05, 0.1) is 29.6 Å². The van der Waals surface area contributed by atoms with E-state index in [9.17, 15) is 4.79 Å². The molecule has 30 heavy (non-hydrogen) atoms. The Bertz CT molecular complexity index is 1070. The number of aromatic amines is 1. The van der Waals surface area contributed by atoms with Crippen molar-refractivity contribution < 1.29 is 14.3 Å². The number of nitrogen functional groups attached to an aromatic ring is 1. The van der Waals surface area contributed by atoms with Crippen molar-refractivity contribution in [3.8, 4) is 17.0 Å². The van der Waals surface area contributed by atoms with Crippen molar-refractivity contribution in [1.29, 1.82) is 0 Å². The Balaban J connectivity index is 1.51. The number of aromatic nitrogens is 4. The van der Waals surface area contributed by atoms with E-state index in [2.05, 4.69) is 25.5 Å². The molecule has 0 unspecified atom stereocenters. The molecule has 3 aromatic rings. The van der Waals surface area contributed by atoms with Crippen LogP contribution in [0.25, 0.3) is 22.3 Å². The van der Waals surface area contributed by atoms with Crippen LogP contribution in [-0.4, -0.2) is 45.0 Å². The number of rotatable bonds is 6. The Kier molecular flexibility index (Phi) is 4.97. The molecule has 0 saturated heterocycles. The van der Waals surface area contributed by atoms with E-state index < -0.39 is 11.7 Å². The summed E-state index contributed by atoms with van der Waals surface area (Å²) in [7, 11) is 0. The predicted molar refractivity (Wildman–Crippen MR) is 113 cm³/mol. The van der Waals surface area contributed by atoms with Gasteiger partial charge in [-0.25, -0.2) is 4.79 Å². The van der Waals surface area contributed by atoms with E-state index in [-0.39, 0.29) is 5.41 Å². The highest BCUT2D eigenvalue weighted by atomic mass is 16.6. The van der Waals surface area contributed by atoms with Gasteiger partial charge in [-0.1, -0.05) is 0 Å². The average Bonchev–Trinajstić information content (AvgIpc) is 3.34. The van der Waals surface area contributed by atoms with Gasteiger partial charge in [0.2, 0.25) is 0 Å². The van der Waals surface area contributed by atoms with Crippen LogP contribution >= 0.6 is 0 Å². The van der Waals surface area contributed by atoms with Crippen LogP contribution in [0.2, 0.25) is 0 Å². The number of hydrogen-bond acceptors (Lipinski definition) is 7. The Morgan fingerprint density at radius 1 is 1.33 bits per heavy atom. The number of H-pyrrole nitrogens is 1. The summed E-state index contributed by atoms with van der Waals surface area (Å²) in [5.74, 6) is 0.977. The molecular formula is C21H26N6O3. The lowest BCUT2D eigenvalue weighted by Crippen LogP contribution is -2.37. The first-order chi connectivity index (χ1) is 14.2. The fourth-order valence-electron chi connectivity index (χ4n) is 3.19. The number of carbonyl (C=O) groups excluding carboxylic acids is 1. The normalized spacial score (nSPS) is 15.0. The highest BCUT2D eigenvalue weighted by Crippen LogP contribution is 2.46. The zero-order chi connectivity index (χ0) is 21.4. The third kappa shape index (κ3) is 4.45. The molecule has 1 saturated carbocycles. The van der Waals surface area contributed by atoms with E-state index in [0.717, 1.165) is 23.9 Å². The number of nitrogens with one attached hydrogen (secondary N) is 2. The predicted octanol–water partition coefficient (Wildman–Crippen LogP) is 3.29. The monoisotopic (exact) mass is 410 g/mol. The second kappa shape index (κ2) is 7.47. The lowest BCUT2D eigenvalue weighted by atomic mass is 10.1. The summed E-state index contributed by atoms with van der Waals surface area (Å²) >= 11 is 0. The molecule has 0 aromatic carbocycles. The summed E-state index contributed by atoms with van der Waals surface area (Å²) < 4.78 is 11.5. The van der Waals surface area contributed by atoms with Gasteiger partial charge in [-0.2, -0.15) is 5.10 Å². The van der Waals surface area contributed by atoms with E-state index in [4.69, 9.17) is 15.2 Å². The molecule has 4 rings (SSSR count). The van der Waals surface area contributed by atoms with E-state index in [1.165, 1.54) is 0 Å². The van der Waals surface area contributed by atoms with E-state index in [1.54, 1.807) is 18.5 Å². The van der Waals surface area contributed by atoms with Gasteiger partial charge in [0.25, 0.3) is 0 Å². The summed E-state index contributed by atoms with van der Waals surface area (Å²) in [5, 5.41) is 9.82. The van der Waals surface area contributed by atoms with Gasteiger partial charge in [-0.3, -0.25) is 15.1 Å². The zero-order valence-electron chi connectivity index (χ0n) is 17.4. The molecule has 9 heteroatoms. The lowest BCUT2D eigenvalue weighted by Gasteiger charge is -2.22. The lowest BCUT2D eigenvalue weighted by molar-refractivity contribution is 0.0509. The van der Waals surface area contributed by atoms with Crippen LogP contribution in [0.1, 0.15) is 33.6 Å². The van der Waals surface area contributed by atoms with Gasteiger partial charge in [-0.05, 0) is 45.7 Å². The second-order valence-corrected chi connectivity index (χ2v) is 8.72. The van der Waals surface area contributed by atoms with Crippen molar-refractivity contribution >= 4 is 22.9 Å². The highest BCUT2D eigenvalue weighted by molar-refractivity contribution is 5.93. The van der Waals surface area contributed by atoms with Gasteiger partial charge in [0, 0.05) is 24.2 Å². The van der Waals surface area contributed by atoms with Gasteiger partial charge < -0.3 is 20.5 Å². The third-order valence-electron chi connectivity index (χ3n) is 4.96. The number of fused-ring (bicyclic) bond motifs is 1. The van der Waals surface area contributed by atoms with Crippen molar-refractivity contribution in [2.45, 2.75) is 39.2 Å². The molecule has 0 bridgehead atoms. The number of alkyl carbamates (subject to hydrolysis) is 1. The highest BCUT2D eigenvalue weighted by Gasteiger charge is 2.44. The van der Waals surface area contributed by atoms with Crippen LogP contribution in [0.4, 0.5) is 10.6 Å². The number of anilines is 1. The number of nitrogens with two attached hydrogens (primary N) is 1. The molecular weight excluding hydrogens is 384 g/mol. The molecule has 3 aromatic heterocycles. The first-order valence-electron chi connectivity index (χ1n) is 9.89. The maximum atomic E-state index is 12.0. The molecule has 9 nitrogen and oxygen atoms in total. The fraction of sp³-hybridized carbons (Fsp3) is 0.429. The first-order valence-corrected chi connectivity index (χ1v) is 9.89. The van der Waals surface area contributed by atoms with Crippen LogP contribution in [-0.2, 0) is 4.74 Å². The quantitative estimate of drug-likeness (QED) is 0.569. The van der Waals surface area contributed by atoms with E-state index in [1.807, 2.05) is 32.9 Å². The Morgan fingerprint density at radius 2 is 2.13 bits per heavy atom. The maximum Gasteiger partial charge on any atom is 0.407 e. The van der Waals surface area contributed by atoms with Crippen molar-refractivity contribution in [3.63, 3.8) is 0 Å². The summed E-state index contributed by atoms with van der Waals surface area (Å²) in [6, 6.07) is 5.47.